The van der Waals surface area contributed by atoms with Crippen molar-refractivity contribution in [1.29, 1.82) is 0 Å². The first kappa shape index (κ1) is 10.7. The number of aromatic nitrogens is 1. The van der Waals surface area contributed by atoms with Gasteiger partial charge in [-0.1, -0.05) is 0 Å². The van der Waals surface area contributed by atoms with E-state index in [4.69, 9.17) is 4.74 Å². The Hall–Kier alpha value is -1.84. The molecule has 4 heteroatoms. The van der Waals surface area contributed by atoms with Crippen molar-refractivity contribution in [3.8, 4) is 5.75 Å². The van der Waals surface area contributed by atoms with Crippen LogP contribution in [0.3, 0.4) is 0 Å². The quantitative estimate of drug-likeness (QED) is 0.863. The molecule has 2 rings (SSSR count). The fourth-order valence-electron chi connectivity index (χ4n) is 1.53. The van der Waals surface area contributed by atoms with E-state index in [2.05, 4.69) is 10.3 Å². The molecule has 0 amide bonds. The summed E-state index contributed by atoms with van der Waals surface area (Å²) in [6.07, 6.45) is 0. The summed E-state index contributed by atoms with van der Waals surface area (Å²) >= 11 is 0. The van der Waals surface area contributed by atoms with E-state index >= 15 is 0 Å². The summed E-state index contributed by atoms with van der Waals surface area (Å²) in [5.74, 6) is 0.644. The molecule has 0 saturated heterocycles. The molecule has 84 valence electrons. The zero-order valence-electron chi connectivity index (χ0n) is 9.25. The Kier molecular flexibility index (Phi) is 2.90. The molecule has 1 heterocycles. The van der Waals surface area contributed by atoms with Gasteiger partial charge in [0.25, 0.3) is 0 Å². The van der Waals surface area contributed by atoms with Gasteiger partial charge >= 0.3 is 0 Å². The number of nitrogens with zero attached hydrogens (tertiary/aromatic N) is 1. The minimum atomic E-state index is -0.353. The molecule has 1 aromatic carbocycles. The average Bonchev–Trinajstić information content (AvgIpc) is 2.30. The highest BCUT2D eigenvalue weighted by Gasteiger charge is 2.06. The minimum absolute atomic E-state index is 0.246. The van der Waals surface area contributed by atoms with E-state index in [9.17, 15) is 4.39 Å². The van der Waals surface area contributed by atoms with Crippen LogP contribution >= 0.6 is 0 Å². The topological polar surface area (TPSA) is 34.1 Å². The molecule has 0 fully saturated rings. The molecular weight excluding hydrogens is 207 g/mol. The van der Waals surface area contributed by atoms with Crippen molar-refractivity contribution in [3.05, 3.63) is 30.1 Å². The van der Waals surface area contributed by atoms with Crippen LogP contribution in [0, 0.1) is 5.82 Å². The SMILES string of the molecule is CCOc1cc2nc(NC)ccc2cc1F. The Morgan fingerprint density at radius 1 is 1.38 bits per heavy atom. The van der Waals surface area contributed by atoms with E-state index in [0.717, 1.165) is 16.7 Å². The molecule has 0 unspecified atom stereocenters. The van der Waals surface area contributed by atoms with Crippen LogP contribution in [0.15, 0.2) is 24.3 Å². The fraction of sp³-hybridized carbons (Fsp3) is 0.250. The molecule has 1 aromatic heterocycles. The third-order valence-electron chi connectivity index (χ3n) is 2.30. The lowest BCUT2D eigenvalue weighted by atomic mass is 10.2. The van der Waals surface area contributed by atoms with Crippen LogP contribution < -0.4 is 10.1 Å². The molecule has 2 aromatic rings. The maximum atomic E-state index is 13.5. The van der Waals surface area contributed by atoms with Crippen LogP contribution in [-0.2, 0) is 0 Å². The summed E-state index contributed by atoms with van der Waals surface area (Å²) in [4.78, 5) is 4.32. The van der Waals surface area contributed by atoms with E-state index in [1.807, 2.05) is 19.1 Å². The normalized spacial score (nSPS) is 10.4. The van der Waals surface area contributed by atoms with E-state index in [-0.39, 0.29) is 11.6 Å². The third-order valence-corrected chi connectivity index (χ3v) is 2.30. The molecule has 0 aliphatic rings. The van der Waals surface area contributed by atoms with Crippen molar-refractivity contribution in [1.82, 2.24) is 4.98 Å². The first-order valence-corrected chi connectivity index (χ1v) is 5.15. The summed E-state index contributed by atoms with van der Waals surface area (Å²) in [5, 5.41) is 3.70. The van der Waals surface area contributed by atoms with Crippen molar-refractivity contribution in [3.63, 3.8) is 0 Å². The van der Waals surface area contributed by atoms with Crippen LogP contribution in [0.25, 0.3) is 10.9 Å². The Bertz CT molecular complexity index is 514. The first-order valence-electron chi connectivity index (χ1n) is 5.15. The van der Waals surface area contributed by atoms with Crippen molar-refractivity contribution in [2.45, 2.75) is 6.92 Å². The number of anilines is 1. The van der Waals surface area contributed by atoms with Crippen LogP contribution in [0.4, 0.5) is 10.2 Å². The number of fused-ring (bicyclic) bond motifs is 1. The highest BCUT2D eigenvalue weighted by Crippen LogP contribution is 2.24. The largest absolute Gasteiger partial charge is 0.491 e. The van der Waals surface area contributed by atoms with Gasteiger partial charge in [0, 0.05) is 18.5 Å². The zero-order valence-corrected chi connectivity index (χ0v) is 9.25. The standard InChI is InChI=1S/C12H13FN2O/c1-3-16-11-7-10-8(6-9(11)13)4-5-12(14-2)15-10/h4-7H,3H2,1-2H3,(H,14,15). The number of pyridine rings is 1. The summed E-state index contributed by atoms with van der Waals surface area (Å²) in [6.45, 7) is 2.26. The first-order chi connectivity index (χ1) is 7.74. The van der Waals surface area contributed by atoms with Crippen molar-refractivity contribution >= 4 is 16.7 Å². The van der Waals surface area contributed by atoms with Crippen LogP contribution in [-0.4, -0.2) is 18.6 Å². The lowest BCUT2D eigenvalue weighted by Gasteiger charge is -2.07. The van der Waals surface area contributed by atoms with Gasteiger partial charge in [0.15, 0.2) is 11.6 Å². The van der Waals surface area contributed by atoms with Gasteiger partial charge in [-0.2, -0.15) is 0 Å². The van der Waals surface area contributed by atoms with Crippen molar-refractivity contribution in [2.24, 2.45) is 0 Å². The Morgan fingerprint density at radius 3 is 2.88 bits per heavy atom. The van der Waals surface area contributed by atoms with Gasteiger partial charge < -0.3 is 10.1 Å². The van der Waals surface area contributed by atoms with Gasteiger partial charge in [0.05, 0.1) is 12.1 Å². The molecule has 1 N–H and O–H groups in total. The third kappa shape index (κ3) is 1.91. The molecule has 16 heavy (non-hydrogen) atoms. The molecule has 0 spiro atoms. The van der Waals surface area contributed by atoms with Gasteiger partial charge in [-0.3, -0.25) is 0 Å². The van der Waals surface area contributed by atoms with Crippen LogP contribution in [0.2, 0.25) is 0 Å². The lowest BCUT2D eigenvalue weighted by molar-refractivity contribution is 0.322. The minimum Gasteiger partial charge on any atom is -0.491 e. The van der Waals surface area contributed by atoms with Gasteiger partial charge in [-0.15, -0.1) is 0 Å². The second-order valence-electron chi connectivity index (χ2n) is 3.35. The molecule has 0 saturated carbocycles. The number of rotatable bonds is 3. The lowest BCUT2D eigenvalue weighted by Crippen LogP contribution is -1.96. The molecular formula is C12H13FN2O. The van der Waals surface area contributed by atoms with Gasteiger partial charge in [0.1, 0.15) is 5.82 Å². The Labute approximate surface area is 93.3 Å². The number of halogens is 1. The highest BCUT2D eigenvalue weighted by atomic mass is 19.1. The molecule has 3 nitrogen and oxygen atoms in total. The Morgan fingerprint density at radius 2 is 2.19 bits per heavy atom. The summed E-state index contributed by atoms with van der Waals surface area (Å²) in [5.41, 5.74) is 0.719. The van der Waals surface area contributed by atoms with E-state index in [1.165, 1.54) is 6.07 Å². The zero-order chi connectivity index (χ0) is 11.5. The average molecular weight is 220 g/mol. The van der Waals surface area contributed by atoms with E-state index in [0.29, 0.717) is 6.61 Å². The number of hydrogen-bond acceptors (Lipinski definition) is 3. The smallest absolute Gasteiger partial charge is 0.165 e. The highest BCUT2D eigenvalue weighted by molar-refractivity contribution is 5.81. The predicted octanol–water partition coefficient (Wildman–Crippen LogP) is 2.81. The second kappa shape index (κ2) is 4.35. The van der Waals surface area contributed by atoms with Gasteiger partial charge in [-0.25, -0.2) is 9.37 Å². The van der Waals surface area contributed by atoms with Crippen molar-refractivity contribution in [2.75, 3.05) is 19.0 Å². The number of ether oxygens (including phenoxy) is 1. The molecule has 0 bridgehead atoms. The molecule has 0 aliphatic heterocycles. The molecule has 0 radical (unpaired) electrons. The summed E-state index contributed by atoms with van der Waals surface area (Å²) < 4.78 is 18.7. The molecule has 0 aliphatic carbocycles. The van der Waals surface area contributed by atoms with Gasteiger partial charge in [0.2, 0.25) is 0 Å². The van der Waals surface area contributed by atoms with E-state index < -0.39 is 0 Å². The fourth-order valence-corrected chi connectivity index (χ4v) is 1.53. The maximum absolute atomic E-state index is 13.5. The van der Waals surface area contributed by atoms with Crippen LogP contribution in [0.5, 0.6) is 5.75 Å². The maximum Gasteiger partial charge on any atom is 0.165 e. The van der Waals surface area contributed by atoms with Crippen LogP contribution in [0.1, 0.15) is 6.92 Å². The molecule has 0 atom stereocenters. The number of hydrogen-bond donors (Lipinski definition) is 1. The van der Waals surface area contributed by atoms with Gasteiger partial charge in [-0.05, 0) is 25.1 Å². The van der Waals surface area contributed by atoms with Crippen molar-refractivity contribution < 1.29 is 9.13 Å². The predicted molar refractivity (Wildman–Crippen MR) is 62.4 cm³/mol. The summed E-state index contributed by atoms with van der Waals surface area (Å²) in [6, 6.07) is 6.69. The summed E-state index contributed by atoms with van der Waals surface area (Å²) in [7, 11) is 1.79. The monoisotopic (exact) mass is 220 g/mol. The number of benzene rings is 1. The number of nitrogens with one attached hydrogen (secondary N) is 1. The Balaban J connectivity index is 2.56. The van der Waals surface area contributed by atoms with E-state index in [1.54, 1.807) is 13.1 Å². The second-order valence-corrected chi connectivity index (χ2v) is 3.35.